The molecule has 0 fully saturated rings. The van der Waals surface area contributed by atoms with Gasteiger partial charge in [0.05, 0.1) is 10.9 Å². The molecule has 0 aliphatic rings. The van der Waals surface area contributed by atoms with Crippen LogP contribution in [0.4, 0.5) is 26.6 Å². The van der Waals surface area contributed by atoms with Gasteiger partial charge in [-0.2, -0.15) is 0 Å². The maximum absolute atomic E-state index is 13.7. The molecule has 2 aromatic carbocycles. The van der Waals surface area contributed by atoms with Gasteiger partial charge in [0, 0.05) is 18.3 Å². The van der Waals surface area contributed by atoms with E-state index in [1.165, 1.54) is 36.1 Å². The molecule has 1 aromatic heterocycles. The highest BCUT2D eigenvalue weighted by atomic mass is 32.2. The molecular formula is C19H18FN5O2S2. The van der Waals surface area contributed by atoms with E-state index in [2.05, 4.69) is 26.1 Å². The molecule has 1 atom stereocenters. The lowest BCUT2D eigenvalue weighted by atomic mass is 10.2. The van der Waals surface area contributed by atoms with Gasteiger partial charge in [-0.3, -0.25) is 9.59 Å². The first-order chi connectivity index (χ1) is 13.9. The van der Waals surface area contributed by atoms with Gasteiger partial charge in [0.15, 0.2) is 4.34 Å². The van der Waals surface area contributed by atoms with Crippen molar-refractivity contribution in [3.8, 4) is 0 Å². The van der Waals surface area contributed by atoms with Crippen molar-refractivity contribution >= 4 is 57.1 Å². The summed E-state index contributed by atoms with van der Waals surface area (Å²) in [5.74, 6) is -0.733. The van der Waals surface area contributed by atoms with Gasteiger partial charge in [0.1, 0.15) is 5.82 Å². The Morgan fingerprint density at radius 1 is 1.03 bits per heavy atom. The molecule has 3 N–H and O–H groups in total. The fraction of sp³-hybridized carbons (Fsp3) is 0.158. The van der Waals surface area contributed by atoms with Crippen LogP contribution in [-0.2, 0) is 9.59 Å². The van der Waals surface area contributed by atoms with E-state index in [0.29, 0.717) is 26.5 Å². The zero-order valence-electron chi connectivity index (χ0n) is 15.6. The zero-order chi connectivity index (χ0) is 20.8. The molecule has 0 spiro atoms. The summed E-state index contributed by atoms with van der Waals surface area (Å²) in [6.45, 7) is 3.19. The average Bonchev–Trinajstić information content (AvgIpc) is 3.11. The predicted octanol–water partition coefficient (Wildman–Crippen LogP) is 4.50. The largest absolute Gasteiger partial charge is 0.328 e. The summed E-state index contributed by atoms with van der Waals surface area (Å²) in [6.07, 6.45) is 0. The Morgan fingerprint density at radius 3 is 2.34 bits per heavy atom. The highest BCUT2D eigenvalue weighted by Gasteiger charge is 2.18. The molecule has 3 rings (SSSR count). The monoisotopic (exact) mass is 431 g/mol. The lowest BCUT2D eigenvalue weighted by molar-refractivity contribution is -0.115. The van der Waals surface area contributed by atoms with E-state index in [-0.39, 0.29) is 17.6 Å². The first-order valence-electron chi connectivity index (χ1n) is 8.61. The Labute approximate surface area is 175 Å². The summed E-state index contributed by atoms with van der Waals surface area (Å²) in [4.78, 5) is 23.5. The van der Waals surface area contributed by atoms with Crippen LogP contribution in [0.2, 0.25) is 0 Å². The second-order valence-corrected chi connectivity index (χ2v) is 8.55. The molecular weight excluding hydrogens is 413 g/mol. The van der Waals surface area contributed by atoms with Crippen molar-refractivity contribution in [1.29, 1.82) is 0 Å². The minimum atomic E-state index is -0.417. The summed E-state index contributed by atoms with van der Waals surface area (Å²) >= 11 is 2.50. The molecule has 1 heterocycles. The third kappa shape index (κ3) is 6.00. The number of nitrogens with one attached hydrogen (secondary N) is 3. The Balaban J connectivity index is 1.55. The van der Waals surface area contributed by atoms with Crippen molar-refractivity contribution in [3.63, 3.8) is 0 Å². The highest BCUT2D eigenvalue weighted by molar-refractivity contribution is 8.02. The molecule has 0 saturated heterocycles. The number of hydrogen-bond donors (Lipinski definition) is 3. The SMILES string of the molecule is CC(=O)Nc1ccc(NC(=O)[C@@H](C)Sc2nnc(Nc3ccccc3F)s2)cc1. The normalized spacial score (nSPS) is 11.6. The zero-order valence-corrected chi connectivity index (χ0v) is 17.2. The smallest absolute Gasteiger partial charge is 0.237 e. The Kier molecular flexibility index (Phi) is 6.78. The van der Waals surface area contributed by atoms with Crippen molar-refractivity contribution in [2.75, 3.05) is 16.0 Å². The number of rotatable bonds is 7. The minimum absolute atomic E-state index is 0.160. The van der Waals surface area contributed by atoms with Gasteiger partial charge in [0.25, 0.3) is 0 Å². The van der Waals surface area contributed by atoms with E-state index < -0.39 is 5.25 Å². The van der Waals surface area contributed by atoms with Gasteiger partial charge < -0.3 is 16.0 Å². The van der Waals surface area contributed by atoms with Crippen LogP contribution in [0.1, 0.15) is 13.8 Å². The van der Waals surface area contributed by atoms with Crippen molar-refractivity contribution in [3.05, 3.63) is 54.3 Å². The van der Waals surface area contributed by atoms with Crippen LogP contribution >= 0.6 is 23.1 Å². The summed E-state index contributed by atoms with van der Waals surface area (Å²) < 4.78 is 14.3. The Hall–Kier alpha value is -2.98. The molecule has 0 aliphatic carbocycles. The van der Waals surface area contributed by atoms with E-state index in [1.54, 1.807) is 49.4 Å². The number of anilines is 4. The molecule has 0 aliphatic heterocycles. The third-order valence-corrected chi connectivity index (χ3v) is 5.66. The van der Waals surface area contributed by atoms with Crippen LogP contribution in [-0.4, -0.2) is 27.3 Å². The van der Waals surface area contributed by atoms with E-state index >= 15 is 0 Å². The number of carbonyl (C=O) groups is 2. The highest BCUT2D eigenvalue weighted by Crippen LogP contribution is 2.31. The third-order valence-electron chi connectivity index (χ3n) is 3.64. The van der Waals surface area contributed by atoms with Gasteiger partial charge in [-0.05, 0) is 43.3 Å². The number of para-hydroxylation sites is 1. The van der Waals surface area contributed by atoms with Crippen LogP contribution in [0, 0.1) is 5.82 Å². The topological polar surface area (TPSA) is 96.0 Å². The number of benzene rings is 2. The predicted molar refractivity (Wildman–Crippen MR) is 114 cm³/mol. The molecule has 7 nitrogen and oxygen atoms in total. The number of thioether (sulfide) groups is 1. The quantitative estimate of drug-likeness (QED) is 0.477. The fourth-order valence-electron chi connectivity index (χ4n) is 2.27. The lowest BCUT2D eigenvalue weighted by Crippen LogP contribution is -2.22. The number of aromatic nitrogens is 2. The summed E-state index contributed by atoms with van der Waals surface area (Å²) in [5, 5.41) is 16.4. The van der Waals surface area contributed by atoms with Crippen molar-refractivity contribution in [2.24, 2.45) is 0 Å². The van der Waals surface area contributed by atoms with Crippen LogP contribution < -0.4 is 16.0 Å². The van der Waals surface area contributed by atoms with Gasteiger partial charge in [0.2, 0.25) is 16.9 Å². The molecule has 0 unspecified atom stereocenters. The second-order valence-electron chi connectivity index (χ2n) is 5.99. The standard InChI is InChI=1S/C19H18FN5O2S2/c1-11(17(27)22-14-9-7-13(8-10-14)21-12(2)26)28-19-25-24-18(29-19)23-16-6-4-3-5-15(16)20/h3-11H,1-2H3,(H,21,26)(H,22,27)(H,23,24)/t11-/m1/s1. The molecule has 0 saturated carbocycles. The Morgan fingerprint density at radius 2 is 1.69 bits per heavy atom. The fourth-order valence-corrected chi connectivity index (χ4v) is 4.18. The minimum Gasteiger partial charge on any atom is -0.328 e. The first kappa shape index (κ1) is 20.7. The molecule has 29 heavy (non-hydrogen) atoms. The number of nitrogens with zero attached hydrogens (tertiary/aromatic N) is 2. The number of halogens is 1. The van der Waals surface area contributed by atoms with Crippen molar-refractivity contribution in [1.82, 2.24) is 10.2 Å². The second kappa shape index (κ2) is 9.48. The maximum Gasteiger partial charge on any atom is 0.237 e. The molecule has 0 bridgehead atoms. The van der Waals surface area contributed by atoms with Gasteiger partial charge >= 0.3 is 0 Å². The molecule has 3 aromatic rings. The van der Waals surface area contributed by atoms with E-state index in [4.69, 9.17) is 0 Å². The number of amides is 2. The van der Waals surface area contributed by atoms with E-state index in [9.17, 15) is 14.0 Å². The molecule has 2 amide bonds. The molecule has 150 valence electrons. The van der Waals surface area contributed by atoms with Crippen LogP contribution in [0.5, 0.6) is 0 Å². The summed E-state index contributed by atoms with van der Waals surface area (Å²) in [7, 11) is 0. The van der Waals surface area contributed by atoms with Crippen LogP contribution in [0.3, 0.4) is 0 Å². The number of hydrogen-bond acceptors (Lipinski definition) is 7. The van der Waals surface area contributed by atoms with Crippen molar-refractivity contribution in [2.45, 2.75) is 23.4 Å². The van der Waals surface area contributed by atoms with E-state index in [1.807, 2.05) is 0 Å². The van der Waals surface area contributed by atoms with Crippen molar-refractivity contribution < 1.29 is 14.0 Å². The van der Waals surface area contributed by atoms with E-state index in [0.717, 1.165) is 0 Å². The Bertz CT molecular complexity index is 1010. The summed E-state index contributed by atoms with van der Waals surface area (Å²) in [6, 6.07) is 13.1. The van der Waals surface area contributed by atoms with Crippen LogP contribution in [0.25, 0.3) is 0 Å². The molecule has 0 radical (unpaired) electrons. The average molecular weight is 432 g/mol. The van der Waals surface area contributed by atoms with Crippen LogP contribution in [0.15, 0.2) is 52.9 Å². The van der Waals surface area contributed by atoms with Gasteiger partial charge in [-0.25, -0.2) is 4.39 Å². The first-order valence-corrected chi connectivity index (χ1v) is 10.3. The maximum atomic E-state index is 13.7. The van der Waals surface area contributed by atoms with Gasteiger partial charge in [-0.15, -0.1) is 10.2 Å². The molecule has 10 heteroatoms. The lowest BCUT2D eigenvalue weighted by Gasteiger charge is -2.11. The number of carbonyl (C=O) groups excluding carboxylic acids is 2. The van der Waals surface area contributed by atoms with Gasteiger partial charge in [-0.1, -0.05) is 35.2 Å². The summed E-state index contributed by atoms with van der Waals surface area (Å²) in [5.41, 5.74) is 1.59.